The molecule has 6 nitrogen and oxygen atoms in total. The smallest absolute Gasteiger partial charge is 0.243 e. The molecule has 1 heterocycles. The molecule has 0 radical (unpaired) electrons. The maximum Gasteiger partial charge on any atom is 0.243 e. The fraction of sp³-hybridized carbons (Fsp3) is 0.812. The van der Waals surface area contributed by atoms with Crippen LogP contribution < -0.4 is 4.72 Å². The summed E-state index contributed by atoms with van der Waals surface area (Å²) in [5.41, 5.74) is 0. The first-order chi connectivity index (χ1) is 11.0. The van der Waals surface area contributed by atoms with E-state index in [2.05, 4.69) is 10.8 Å². The molecule has 0 aromatic heterocycles. The minimum atomic E-state index is -0.354. The van der Waals surface area contributed by atoms with Gasteiger partial charge >= 0.3 is 0 Å². The molecule has 0 spiro atoms. The van der Waals surface area contributed by atoms with Crippen LogP contribution in [0.1, 0.15) is 32.6 Å². The molecule has 1 saturated heterocycles. The second-order valence-electron chi connectivity index (χ2n) is 6.78. The lowest BCUT2D eigenvalue weighted by Crippen LogP contribution is -2.48. The molecule has 3 atom stereocenters. The standard InChI is InChI=1S/C16H26N4O2S/c1-11-6-13(8-17)20(9-11)15(21)10-19(2)16(22)14(18-23-3)7-12-4-5-12/h11-14,18H,4-7,9-10H2,1-3H3. The van der Waals surface area contributed by atoms with Gasteiger partial charge in [-0.3, -0.25) is 14.3 Å². The summed E-state index contributed by atoms with van der Waals surface area (Å²) in [4.78, 5) is 28.1. The zero-order valence-electron chi connectivity index (χ0n) is 14.1. The second kappa shape index (κ2) is 8.02. The molecule has 1 aliphatic carbocycles. The molecule has 2 rings (SSSR count). The molecule has 2 aliphatic rings. The number of likely N-dealkylation sites (tertiary alicyclic amines) is 1. The number of amides is 2. The highest BCUT2D eigenvalue weighted by molar-refractivity contribution is 7.96. The van der Waals surface area contributed by atoms with Gasteiger partial charge in [-0.25, -0.2) is 0 Å². The van der Waals surface area contributed by atoms with Gasteiger partial charge in [0.25, 0.3) is 0 Å². The molecule has 23 heavy (non-hydrogen) atoms. The fourth-order valence-corrected chi connectivity index (χ4v) is 3.59. The van der Waals surface area contributed by atoms with E-state index in [4.69, 9.17) is 0 Å². The van der Waals surface area contributed by atoms with E-state index >= 15 is 0 Å². The predicted molar refractivity (Wildman–Crippen MR) is 90.3 cm³/mol. The average Bonchev–Trinajstić information content (AvgIpc) is 3.25. The Morgan fingerprint density at radius 3 is 2.74 bits per heavy atom. The van der Waals surface area contributed by atoms with Gasteiger partial charge in [-0.15, -0.1) is 0 Å². The van der Waals surface area contributed by atoms with E-state index in [0.29, 0.717) is 18.4 Å². The maximum atomic E-state index is 12.6. The third-order valence-electron chi connectivity index (χ3n) is 4.55. The number of carbonyl (C=O) groups excluding carboxylic acids is 2. The van der Waals surface area contributed by atoms with Gasteiger partial charge in [-0.1, -0.05) is 31.7 Å². The monoisotopic (exact) mass is 338 g/mol. The highest BCUT2D eigenvalue weighted by Crippen LogP contribution is 2.34. The van der Waals surface area contributed by atoms with Gasteiger partial charge in [0, 0.05) is 13.6 Å². The third kappa shape index (κ3) is 4.85. The highest BCUT2D eigenvalue weighted by Gasteiger charge is 2.35. The molecule has 2 fully saturated rings. The molecule has 1 aliphatic heterocycles. The molecule has 3 unspecified atom stereocenters. The first-order valence-corrected chi connectivity index (χ1v) is 9.41. The van der Waals surface area contributed by atoms with Crippen molar-refractivity contribution in [3.8, 4) is 6.07 Å². The van der Waals surface area contributed by atoms with Gasteiger partial charge in [-0.05, 0) is 30.9 Å². The topological polar surface area (TPSA) is 76.4 Å². The van der Waals surface area contributed by atoms with Crippen LogP contribution in [-0.4, -0.2) is 60.1 Å². The van der Waals surface area contributed by atoms with Gasteiger partial charge in [0.1, 0.15) is 6.04 Å². The quantitative estimate of drug-likeness (QED) is 0.707. The normalized spacial score (nSPS) is 25.0. The van der Waals surface area contributed by atoms with E-state index < -0.39 is 0 Å². The molecule has 2 amide bonds. The first-order valence-electron chi connectivity index (χ1n) is 8.18. The van der Waals surface area contributed by atoms with Crippen molar-refractivity contribution in [1.29, 1.82) is 5.26 Å². The number of nitrogens with zero attached hydrogens (tertiary/aromatic N) is 3. The van der Waals surface area contributed by atoms with Gasteiger partial charge in [-0.2, -0.15) is 5.26 Å². The molecule has 1 saturated carbocycles. The molecule has 7 heteroatoms. The number of likely N-dealkylation sites (N-methyl/N-ethyl adjacent to an activating group) is 1. The largest absolute Gasteiger partial charge is 0.335 e. The van der Waals surface area contributed by atoms with Crippen molar-refractivity contribution in [2.45, 2.75) is 44.7 Å². The lowest BCUT2D eigenvalue weighted by Gasteiger charge is -2.26. The SMILES string of the molecule is CSNC(CC1CC1)C(=O)N(C)CC(=O)N1CC(C)CC1C#N. The van der Waals surface area contributed by atoms with Crippen molar-refractivity contribution < 1.29 is 9.59 Å². The molecule has 0 bridgehead atoms. The Balaban J connectivity index is 1.91. The summed E-state index contributed by atoms with van der Waals surface area (Å²) in [6.07, 6.45) is 5.84. The van der Waals surface area contributed by atoms with Gasteiger partial charge in [0.2, 0.25) is 11.8 Å². The van der Waals surface area contributed by atoms with Crippen LogP contribution in [0.15, 0.2) is 0 Å². The average molecular weight is 338 g/mol. The van der Waals surface area contributed by atoms with Crippen LogP contribution in [0.25, 0.3) is 0 Å². The van der Waals surface area contributed by atoms with Crippen LogP contribution >= 0.6 is 11.9 Å². The summed E-state index contributed by atoms with van der Waals surface area (Å²) in [5.74, 6) is 0.798. The summed E-state index contributed by atoms with van der Waals surface area (Å²) in [6, 6.07) is 1.60. The van der Waals surface area contributed by atoms with Crippen LogP contribution in [-0.2, 0) is 9.59 Å². The number of nitriles is 1. The van der Waals surface area contributed by atoms with Gasteiger partial charge in [0.05, 0.1) is 18.7 Å². The summed E-state index contributed by atoms with van der Waals surface area (Å²) in [5, 5.41) is 9.17. The van der Waals surface area contributed by atoms with E-state index in [9.17, 15) is 14.9 Å². The highest BCUT2D eigenvalue weighted by atomic mass is 32.2. The Kier molecular flexibility index (Phi) is 6.31. The molecule has 0 aromatic carbocycles. The zero-order valence-corrected chi connectivity index (χ0v) is 14.9. The summed E-state index contributed by atoms with van der Waals surface area (Å²) in [6.45, 7) is 2.69. The molecule has 0 aromatic rings. The predicted octanol–water partition coefficient (Wildman–Crippen LogP) is 1.24. The van der Waals surface area contributed by atoms with E-state index in [1.807, 2.05) is 13.2 Å². The summed E-state index contributed by atoms with van der Waals surface area (Å²) >= 11 is 1.44. The number of nitrogens with one attached hydrogen (secondary N) is 1. The van der Waals surface area contributed by atoms with Crippen molar-refractivity contribution in [2.75, 3.05) is 26.4 Å². The van der Waals surface area contributed by atoms with Crippen molar-refractivity contribution in [3.63, 3.8) is 0 Å². The minimum Gasteiger partial charge on any atom is -0.335 e. The third-order valence-corrected chi connectivity index (χ3v) is 5.07. The van der Waals surface area contributed by atoms with Crippen molar-refractivity contribution in [1.82, 2.24) is 14.5 Å². The minimum absolute atomic E-state index is 0.0413. The Labute approximate surface area is 142 Å². The van der Waals surface area contributed by atoms with Crippen LogP contribution in [0.4, 0.5) is 0 Å². The Morgan fingerprint density at radius 2 is 2.17 bits per heavy atom. The Bertz CT molecular complexity index is 489. The summed E-state index contributed by atoms with van der Waals surface area (Å²) < 4.78 is 3.15. The van der Waals surface area contributed by atoms with Gasteiger partial charge < -0.3 is 9.80 Å². The number of hydrogen-bond acceptors (Lipinski definition) is 5. The van der Waals surface area contributed by atoms with Crippen LogP contribution in [0.2, 0.25) is 0 Å². The molecular formula is C16H26N4O2S. The van der Waals surface area contributed by atoms with Crippen LogP contribution in [0, 0.1) is 23.2 Å². The summed E-state index contributed by atoms with van der Waals surface area (Å²) in [7, 11) is 1.67. The molecule has 1 N–H and O–H groups in total. The second-order valence-corrected chi connectivity index (χ2v) is 7.42. The Hall–Kier alpha value is -1.26. The van der Waals surface area contributed by atoms with Crippen LogP contribution in [0.3, 0.4) is 0 Å². The number of hydrogen-bond donors (Lipinski definition) is 1. The number of carbonyl (C=O) groups is 2. The lowest BCUT2D eigenvalue weighted by molar-refractivity contribution is -0.140. The van der Waals surface area contributed by atoms with E-state index in [-0.39, 0.29) is 30.4 Å². The molecule has 128 valence electrons. The molecular weight excluding hydrogens is 312 g/mol. The fourth-order valence-electron chi connectivity index (χ4n) is 3.11. The van der Waals surface area contributed by atoms with Crippen molar-refractivity contribution in [2.24, 2.45) is 11.8 Å². The zero-order chi connectivity index (χ0) is 17.0. The van der Waals surface area contributed by atoms with Crippen LogP contribution in [0.5, 0.6) is 0 Å². The van der Waals surface area contributed by atoms with E-state index in [0.717, 1.165) is 12.8 Å². The lowest BCUT2D eigenvalue weighted by atomic mass is 10.1. The van der Waals surface area contributed by atoms with Gasteiger partial charge in [0.15, 0.2) is 0 Å². The first kappa shape index (κ1) is 18.1. The maximum absolute atomic E-state index is 12.6. The van der Waals surface area contributed by atoms with E-state index in [1.54, 1.807) is 11.9 Å². The van der Waals surface area contributed by atoms with Crippen molar-refractivity contribution in [3.05, 3.63) is 0 Å². The number of rotatable bonds is 7. The van der Waals surface area contributed by atoms with E-state index in [1.165, 1.54) is 29.7 Å². The van der Waals surface area contributed by atoms with Crippen molar-refractivity contribution >= 4 is 23.8 Å². The Morgan fingerprint density at radius 1 is 1.48 bits per heavy atom.